The van der Waals surface area contributed by atoms with Crippen molar-refractivity contribution in [3.05, 3.63) is 33.9 Å². The molecule has 0 aliphatic carbocycles. The molecule has 0 aromatic heterocycles. The van der Waals surface area contributed by atoms with E-state index >= 15 is 0 Å². The van der Waals surface area contributed by atoms with Crippen LogP contribution in [-0.2, 0) is 4.74 Å². The van der Waals surface area contributed by atoms with E-state index in [0.29, 0.717) is 32.0 Å². The van der Waals surface area contributed by atoms with Gasteiger partial charge in [-0.05, 0) is 12.1 Å². The average Bonchev–Trinajstić information content (AvgIpc) is 2.39. The molecule has 0 spiro atoms. The number of carbonyl (C=O) groups excluding carboxylic acids is 1. The first-order chi connectivity index (χ1) is 8.59. The molecule has 0 N–H and O–H groups in total. The Morgan fingerprint density at radius 2 is 2.00 bits per heavy atom. The lowest BCUT2D eigenvalue weighted by Crippen LogP contribution is -2.36. The number of aromatic carboxylic acids is 1. The van der Waals surface area contributed by atoms with Crippen LogP contribution in [0.1, 0.15) is 10.4 Å². The minimum Gasteiger partial charge on any atom is -0.545 e. The Morgan fingerprint density at radius 1 is 1.33 bits per heavy atom. The van der Waals surface area contributed by atoms with E-state index in [9.17, 15) is 20.0 Å². The van der Waals surface area contributed by atoms with Crippen LogP contribution < -0.4 is 10.0 Å². The molecule has 96 valence electrons. The predicted molar refractivity (Wildman–Crippen MR) is 60.5 cm³/mol. The van der Waals surface area contributed by atoms with Gasteiger partial charge in [0.25, 0.3) is 5.69 Å². The average molecular weight is 251 g/mol. The molecule has 1 heterocycles. The summed E-state index contributed by atoms with van der Waals surface area (Å²) in [5.41, 5.74) is -0.231. The van der Waals surface area contributed by atoms with Crippen LogP contribution in [0.4, 0.5) is 11.4 Å². The Hall–Kier alpha value is -2.15. The summed E-state index contributed by atoms with van der Waals surface area (Å²) in [5, 5.41) is 21.6. The van der Waals surface area contributed by atoms with Crippen LogP contribution in [0.3, 0.4) is 0 Å². The lowest BCUT2D eigenvalue weighted by molar-refractivity contribution is -0.385. The van der Waals surface area contributed by atoms with Crippen LogP contribution in [0, 0.1) is 10.1 Å². The maximum absolute atomic E-state index is 10.8. The summed E-state index contributed by atoms with van der Waals surface area (Å²) in [4.78, 5) is 22.8. The number of rotatable bonds is 3. The Morgan fingerprint density at radius 3 is 2.56 bits per heavy atom. The van der Waals surface area contributed by atoms with Gasteiger partial charge in [0.05, 0.1) is 29.7 Å². The van der Waals surface area contributed by atoms with Gasteiger partial charge in [-0.1, -0.05) is 0 Å². The summed E-state index contributed by atoms with van der Waals surface area (Å²) in [6, 6.07) is 4.01. The first kappa shape index (κ1) is 12.3. The quantitative estimate of drug-likeness (QED) is 0.545. The van der Waals surface area contributed by atoms with Gasteiger partial charge in [0.1, 0.15) is 0 Å². The van der Waals surface area contributed by atoms with Crippen LogP contribution in [0.2, 0.25) is 0 Å². The lowest BCUT2D eigenvalue weighted by atomic mass is 10.1. The van der Waals surface area contributed by atoms with Gasteiger partial charge in [0.2, 0.25) is 0 Å². The molecule has 7 nitrogen and oxygen atoms in total. The zero-order valence-corrected chi connectivity index (χ0v) is 9.50. The second kappa shape index (κ2) is 5.01. The zero-order chi connectivity index (χ0) is 13.1. The molecule has 1 aliphatic rings. The van der Waals surface area contributed by atoms with Gasteiger partial charge in [-0.2, -0.15) is 0 Å². The molecule has 0 amide bonds. The van der Waals surface area contributed by atoms with Crippen LogP contribution in [0.5, 0.6) is 0 Å². The van der Waals surface area contributed by atoms with Gasteiger partial charge < -0.3 is 19.5 Å². The number of nitro benzene ring substituents is 1. The van der Waals surface area contributed by atoms with E-state index in [4.69, 9.17) is 4.74 Å². The number of nitrogens with zero attached hydrogens (tertiary/aromatic N) is 2. The van der Waals surface area contributed by atoms with E-state index in [1.165, 1.54) is 12.1 Å². The number of benzene rings is 1. The van der Waals surface area contributed by atoms with Crippen molar-refractivity contribution >= 4 is 17.3 Å². The third kappa shape index (κ3) is 2.40. The van der Waals surface area contributed by atoms with Gasteiger partial charge in [-0.15, -0.1) is 0 Å². The molecule has 1 aliphatic heterocycles. The Balaban J connectivity index is 2.36. The summed E-state index contributed by atoms with van der Waals surface area (Å²) >= 11 is 0. The van der Waals surface area contributed by atoms with Gasteiger partial charge in [-0.3, -0.25) is 10.1 Å². The van der Waals surface area contributed by atoms with E-state index in [-0.39, 0.29) is 0 Å². The fourth-order valence-electron chi connectivity index (χ4n) is 1.86. The normalized spacial score (nSPS) is 15.4. The van der Waals surface area contributed by atoms with Crippen molar-refractivity contribution in [2.24, 2.45) is 0 Å². The SMILES string of the molecule is O=C([O-])c1ccc(N2CCOCC2)cc1[N+](=O)[O-]. The minimum absolute atomic E-state index is 0.406. The monoisotopic (exact) mass is 251 g/mol. The highest BCUT2D eigenvalue weighted by Gasteiger charge is 2.19. The summed E-state index contributed by atoms with van der Waals surface area (Å²) in [5.74, 6) is -1.55. The number of carboxylic acid groups (broad SMARTS) is 1. The molecule has 1 fully saturated rings. The molecule has 0 saturated carbocycles. The third-order valence-corrected chi connectivity index (χ3v) is 2.77. The second-order valence-electron chi connectivity index (χ2n) is 3.85. The van der Waals surface area contributed by atoms with Crippen LogP contribution in [0.15, 0.2) is 18.2 Å². The van der Waals surface area contributed by atoms with Gasteiger partial charge in [0.15, 0.2) is 0 Å². The van der Waals surface area contributed by atoms with Gasteiger partial charge >= 0.3 is 0 Å². The molecule has 1 saturated heterocycles. The van der Waals surface area contributed by atoms with E-state index in [0.717, 1.165) is 0 Å². The first-order valence-corrected chi connectivity index (χ1v) is 5.42. The number of ether oxygens (including phenoxy) is 1. The minimum atomic E-state index is -1.55. The van der Waals surface area contributed by atoms with Crippen molar-refractivity contribution in [3.8, 4) is 0 Å². The highest BCUT2D eigenvalue weighted by molar-refractivity contribution is 5.91. The largest absolute Gasteiger partial charge is 0.545 e. The number of anilines is 1. The van der Waals surface area contributed by atoms with Gasteiger partial charge in [-0.25, -0.2) is 0 Å². The van der Waals surface area contributed by atoms with E-state index < -0.39 is 22.1 Å². The van der Waals surface area contributed by atoms with Crippen LogP contribution in [-0.4, -0.2) is 37.2 Å². The highest BCUT2D eigenvalue weighted by Crippen LogP contribution is 2.25. The van der Waals surface area contributed by atoms with Crippen molar-refractivity contribution in [2.45, 2.75) is 0 Å². The molecule has 18 heavy (non-hydrogen) atoms. The van der Waals surface area contributed by atoms with Gasteiger partial charge in [0, 0.05) is 24.8 Å². The second-order valence-corrected chi connectivity index (χ2v) is 3.85. The summed E-state index contributed by atoms with van der Waals surface area (Å²) < 4.78 is 5.18. The molecule has 1 aromatic carbocycles. The van der Waals surface area contributed by atoms with E-state index in [1.807, 2.05) is 4.90 Å². The Kier molecular flexibility index (Phi) is 3.42. The number of carboxylic acids is 1. The number of hydrogen-bond acceptors (Lipinski definition) is 6. The highest BCUT2D eigenvalue weighted by atomic mass is 16.6. The van der Waals surface area contributed by atoms with Crippen LogP contribution in [0.25, 0.3) is 0 Å². The summed E-state index contributed by atoms with van der Waals surface area (Å²) in [7, 11) is 0. The van der Waals surface area contributed by atoms with E-state index in [2.05, 4.69) is 0 Å². The first-order valence-electron chi connectivity index (χ1n) is 5.42. The topological polar surface area (TPSA) is 95.7 Å². The fraction of sp³-hybridized carbons (Fsp3) is 0.364. The number of nitro groups is 1. The molecule has 0 radical (unpaired) electrons. The standard InChI is InChI=1S/C11H12N2O5/c14-11(15)9-2-1-8(7-10(9)13(16)17)12-3-5-18-6-4-12/h1-2,7H,3-6H2,(H,14,15)/p-1. The summed E-state index contributed by atoms with van der Waals surface area (Å²) in [6.45, 7) is 2.36. The molecule has 2 rings (SSSR count). The lowest BCUT2D eigenvalue weighted by Gasteiger charge is -2.28. The maximum Gasteiger partial charge on any atom is 0.280 e. The number of morpholine rings is 1. The fourth-order valence-corrected chi connectivity index (χ4v) is 1.86. The Labute approximate surface area is 103 Å². The van der Waals surface area contributed by atoms with Crippen molar-refractivity contribution in [3.63, 3.8) is 0 Å². The molecule has 0 bridgehead atoms. The molecule has 1 aromatic rings. The Bertz CT molecular complexity index is 482. The smallest absolute Gasteiger partial charge is 0.280 e. The van der Waals surface area contributed by atoms with Crippen molar-refractivity contribution < 1.29 is 19.6 Å². The van der Waals surface area contributed by atoms with Crippen molar-refractivity contribution in [2.75, 3.05) is 31.2 Å². The molecular formula is C11H11N2O5-. The maximum atomic E-state index is 10.8. The number of hydrogen-bond donors (Lipinski definition) is 0. The summed E-state index contributed by atoms with van der Waals surface area (Å²) in [6.07, 6.45) is 0. The van der Waals surface area contributed by atoms with Crippen LogP contribution >= 0.6 is 0 Å². The molecule has 0 atom stereocenters. The number of carbonyl (C=O) groups is 1. The molecule has 0 unspecified atom stereocenters. The molecule has 7 heteroatoms. The molecular weight excluding hydrogens is 240 g/mol. The predicted octanol–water partition coefficient (Wildman–Crippen LogP) is -0.205. The van der Waals surface area contributed by atoms with Crippen molar-refractivity contribution in [1.82, 2.24) is 0 Å². The third-order valence-electron chi connectivity index (χ3n) is 2.77. The van der Waals surface area contributed by atoms with Crippen molar-refractivity contribution in [1.29, 1.82) is 0 Å². The zero-order valence-electron chi connectivity index (χ0n) is 9.50. The van der Waals surface area contributed by atoms with E-state index in [1.54, 1.807) is 6.07 Å².